The second kappa shape index (κ2) is 27.6. The van der Waals surface area contributed by atoms with E-state index in [9.17, 15) is 22.5 Å². The van der Waals surface area contributed by atoms with Crippen molar-refractivity contribution in [1.82, 2.24) is 24.6 Å². The van der Waals surface area contributed by atoms with E-state index in [4.69, 9.17) is 19.7 Å². The van der Waals surface area contributed by atoms with Crippen LogP contribution >= 0.6 is 8.18 Å². The molecule has 2 aromatic heterocycles. The third-order valence-electron chi connectivity index (χ3n) is 10.5. The Kier molecular flexibility index (Phi) is 23.4. The number of nitrogen functional groups attached to an aromatic ring is 1. The van der Waals surface area contributed by atoms with Crippen molar-refractivity contribution in [3.05, 3.63) is 47.8 Å². The number of unbranched alkanes of at least 4 members (excludes halogenated alkanes) is 19. The number of nitrogens with two attached hydrogens (primary N) is 1. The van der Waals surface area contributed by atoms with Crippen LogP contribution in [-0.2, 0) is 36.3 Å². The highest BCUT2D eigenvalue weighted by molar-refractivity contribution is 7.36. The molecule has 1 aromatic carbocycles. The molecule has 15 heteroatoms. The summed E-state index contributed by atoms with van der Waals surface area (Å²) in [4.78, 5) is 24.6. The second-order valence-electron chi connectivity index (χ2n) is 15.5. The lowest BCUT2D eigenvalue weighted by atomic mass is 10.0. The Hall–Kier alpha value is -3.06. The normalized spacial score (nSPS) is 13.9. The van der Waals surface area contributed by atoms with Gasteiger partial charge in [0.25, 0.3) is 8.18 Å². The Bertz CT molecular complexity index is 1600. The molecule has 57 heavy (non-hydrogen) atoms. The predicted molar refractivity (Wildman–Crippen MR) is 221 cm³/mol. The van der Waals surface area contributed by atoms with Crippen LogP contribution in [0.2, 0.25) is 0 Å². The van der Waals surface area contributed by atoms with Crippen molar-refractivity contribution < 1.29 is 36.5 Å². The van der Waals surface area contributed by atoms with Crippen LogP contribution < -0.4 is 10.8 Å². The smallest absolute Gasteiger partial charge is 0.323 e. The lowest BCUT2D eigenvalue weighted by molar-refractivity contribution is -0.145. The van der Waals surface area contributed by atoms with Crippen LogP contribution in [0.25, 0.3) is 11.2 Å². The van der Waals surface area contributed by atoms with E-state index in [-0.39, 0.29) is 48.7 Å². The molecule has 3 aromatic rings. The van der Waals surface area contributed by atoms with E-state index in [1.54, 1.807) is 11.5 Å². The summed E-state index contributed by atoms with van der Waals surface area (Å²) in [5.74, 6) is -2.34. The van der Waals surface area contributed by atoms with E-state index in [0.717, 1.165) is 37.5 Å². The van der Waals surface area contributed by atoms with Gasteiger partial charge in [0, 0.05) is 19.7 Å². The van der Waals surface area contributed by atoms with Gasteiger partial charge < -0.3 is 24.3 Å². The first-order valence-electron chi connectivity index (χ1n) is 21.3. The minimum Gasteiger partial charge on any atom is -0.465 e. The number of aryl methyl sites for hydroxylation is 1. The van der Waals surface area contributed by atoms with Gasteiger partial charge in [-0.1, -0.05) is 129 Å². The number of nitrogens with one attached hydrogen (secondary N) is 1. The monoisotopic (exact) mass is 824 g/mol. The summed E-state index contributed by atoms with van der Waals surface area (Å²) in [5.41, 5.74) is 5.49. The van der Waals surface area contributed by atoms with Crippen molar-refractivity contribution in [3.63, 3.8) is 0 Å². The summed E-state index contributed by atoms with van der Waals surface area (Å²) >= 11 is 0. The number of benzene rings is 1. The van der Waals surface area contributed by atoms with Crippen molar-refractivity contribution >= 4 is 31.1 Å². The number of halogens is 3. The van der Waals surface area contributed by atoms with Gasteiger partial charge in [-0.3, -0.25) is 9.36 Å². The highest BCUT2D eigenvalue weighted by Gasteiger charge is 2.28. The SMILES string of the molecule is CCCCCCCCCCCCCCCCCCCCCCOC(=O)[C@H](Cc1cc(F)cc(F)c1)N[PH](=O)OC[C@](C)(CCn1cnc2c(N)nc(F)nc21)OC. The number of hydrogen-bond donors (Lipinski definition) is 2. The molecule has 0 spiro atoms. The zero-order valence-corrected chi connectivity index (χ0v) is 35.6. The third kappa shape index (κ3) is 19.5. The maximum absolute atomic E-state index is 14.0. The lowest BCUT2D eigenvalue weighted by Gasteiger charge is -2.28. The second-order valence-corrected chi connectivity index (χ2v) is 16.7. The summed E-state index contributed by atoms with van der Waals surface area (Å²) < 4.78 is 73.3. The molecule has 3 atom stereocenters. The van der Waals surface area contributed by atoms with Crippen LogP contribution in [0.4, 0.5) is 19.0 Å². The molecular formula is C42H68F3N6O5P. The zero-order chi connectivity index (χ0) is 41.3. The number of ether oxygens (including phenoxy) is 2. The largest absolute Gasteiger partial charge is 0.465 e. The minimum atomic E-state index is -3.07. The predicted octanol–water partition coefficient (Wildman–Crippen LogP) is 10.6. The Morgan fingerprint density at radius 2 is 1.37 bits per heavy atom. The average molecular weight is 825 g/mol. The van der Waals surface area contributed by atoms with Crippen LogP contribution in [0.3, 0.4) is 0 Å². The molecule has 322 valence electrons. The average Bonchev–Trinajstić information content (AvgIpc) is 3.59. The van der Waals surface area contributed by atoms with Crippen molar-refractivity contribution in [1.29, 1.82) is 0 Å². The summed E-state index contributed by atoms with van der Waals surface area (Å²) in [6.07, 6.45) is 26.0. The van der Waals surface area contributed by atoms with Crippen LogP contribution in [0.15, 0.2) is 24.5 Å². The molecule has 0 saturated heterocycles. The van der Waals surface area contributed by atoms with Gasteiger partial charge in [0.05, 0.1) is 25.1 Å². The van der Waals surface area contributed by atoms with E-state index >= 15 is 0 Å². The maximum atomic E-state index is 14.0. The molecule has 2 heterocycles. The number of carbonyl (C=O) groups excluding carboxylic acids is 1. The van der Waals surface area contributed by atoms with Gasteiger partial charge in [-0.25, -0.2) is 18.9 Å². The summed E-state index contributed by atoms with van der Waals surface area (Å²) in [7, 11) is -1.60. The minimum absolute atomic E-state index is 0.0754. The van der Waals surface area contributed by atoms with Crippen LogP contribution in [0, 0.1) is 17.7 Å². The molecule has 0 bridgehead atoms. The van der Waals surface area contributed by atoms with Gasteiger partial charge in [0.15, 0.2) is 11.5 Å². The van der Waals surface area contributed by atoms with Crippen LogP contribution in [0.1, 0.15) is 154 Å². The first-order chi connectivity index (χ1) is 27.5. The highest BCUT2D eigenvalue weighted by Crippen LogP contribution is 2.27. The van der Waals surface area contributed by atoms with Gasteiger partial charge in [-0.15, -0.1) is 0 Å². The van der Waals surface area contributed by atoms with Gasteiger partial charge in [-0.2, -0.15) is 14.4 Å². The maximum Gasteiger partial charge on any atom is 0.323 e. The molecular weight excluding hydrogens is 756 g/mol. The molecule has 0 aliphatic heterocycles. The molecule has 0 amide bonds. The molecule has 0 aliphatic rings. The Balaban J connectivity index is 1.32. The fourth-order valence-electron chi connectivity index (χ4n) is 6.88. The number of anilines is 1. The van der Waals surface area contributed by atoms with Gasteiger partial charge in [0.1, 0.15) is 23.2 Å². The Labute approximate surface area is 338 Å². The number of hydrogen-bond acceptors (Lipinski definition) is 9. The van der Waals surface area contributed by atoms with E-state index in [0.29, 0.717) is 12.8 Å². The van der Waals surface area contributed by atoms with Crippen molar-refractivity contribution in [2.24, 2.45) is 0 Å². The van der Waals surface area contributed by atoms with E-state index in [1.807, 2.05) is 0 Å². The third-order valence-corrected chi connectivity index (χ3v) is 11.5. The number of aromatic nitrogens is 4. The topological polar surface area (TPSA) is 143 Å². The number of fused-ring (bicyclic) bond motifs is 1. The van der Waals surface area contributed by atoms with Crippen molar-refractivity contribution in [2.45, 2.75) is 173 Å². The zero-order valence-electron chi connectivity index (χ0n) is 34.6. The van der Waals surface area contributed by atoms with E-state index < -0.39 is 43.5 Å². The fraction of sp³-hybridized carbons (Fsp3) is 0.714. The van der Waals surface area contributed by atoms with Crippen LogP contribution in [-0.4, -0.2) is 57.5 Å². The first kappa shape index (κ1) is 48.3. The fourth-order valence-corrected chi connectivity index (χ4v) is 7.91. The summed E-state index contributed by atoms with van der Waals surface area (Å²) in [6, 6.07) is 1.81. The van der Waals surface area contributed by atoms with E-state index in [1.165, 1.54) is 116 Å². The van der Waals surface area contributed by atoms with Gasteiger partial charge in [-0.05, 0) is 43.9 Å². The quantitative estimate of drug-likeness (QED) is 0.0264. The Morgan fingerprint density at radius 1 is 0.842 bits per heavy atom. The molecule has 11 nitrogen and oxygen atoms in total. The van der Waals surface area contributed by atoms with Crippen molar-refractivity contribution in [2.75, 3.05) is 26.1 Å². The summed E-state index contributed by atoms with van der Waals surface area (Å²) in [5, 5.41) is 2.68. The molecule has 3 N–H and O–H groups in total. The Morgan fingerprint density at radius 3 is 1.89 bits per heavy atom. The van der Waals surface area contributed by atoms with Crippen LogP contribution in [0.5, 0.6) is 0 Å². The molecule has 1 unspecified atom stereocenters. The number of rotatable bonds is 33. The standard InChI is InChI=1S/C42H68F3N6O5P/c1-4-5-6-7-8-9-10-11-12-13-14-15-16-17-18-19-20-21-22-23-26-55-40(52)36(29-33-27-34(43)30-35(44)28-33)50-57(53)56-31-42(2,54-3)24-25-51-32-47-37-38(46)48-41(45)49-39(37)51/h27-28,30,32,36,57H,4-26,29,31H2,1-3H3,(H,50,53)(H2,46,48,49)/t36-,42-/m0/s1. The molecule has 0 radical (unpaired) electrons. The highest BCUT2D eigenvalue weighted by atomic mass is 31.1. The molecule has 0 aliphatic carbocycles. The molecule has 0 saturated carbocycles. The number of imidazole rings is 1. The summed E-state index contributed by atoms with van der Waals surface area (Å²) in [6.45, 7) is 4.34. The van der Waals surface area contributed by atoms with Crippen molar-refractivity contribution in [3.8, 4) is 0 Å². The van der Waals surface area contributed by atoms with E-state index in [2.05, 4.69) is 27.0 Å². The molecule has 3 rings (SSSR count). The number of carbonyl (C=O) groups is 1. The van der Waals surface area contributed by atoms with Gasteiger partial charge in [0.2, 0.25) is 0 Å². The number of esters is 1. The number of nitrogens with zero attached hydrogens (tertiary/aromatic N) is 4. The first-order valence-corrected chi connectivity index (χ1v) is 22.6. The lowest BCUT2D eigenvalue weighted by Crippen LogP contribution is -2.38. The number of methoxy groups -OCH3 is 1. The molecule has 0 fully saturated rings. The van der Waals surface area contributed by atoms with Gasteiger partial charge >= 0.3 is 12.0 Å².